The molecule has 0 spiro atoms. The van der Waals surface area contributed by atoms with E-state index in [2.05, 4.69) is 15.2 Å². The fourth-order valence-corrected chi connectivity index (χ4v) is 3.16. The van der Waals surface area contributed by atoms with Gasteiger partial charge in [0.15, 0.2) is 5.76 Å². The van der Waals surface area contributed by atoms with Crippen molar-refractivity contribution in [1.82, 2.24) is 19.7 Å². The first kappa shape index (κ1) is 14.3. The van der Waals surface area contributed by atoms with Crippen LogP contribution >= 0.6 is 23.4 Å². The van der Waals surface area contributed by atoms with Crippen LogP contribution in [0.25, 0.3) is 22.7 Å². The second kappa shape index (κ2) is 5.75. The minimum atomic E-state index is 0.370. The lowest BCUT2D eigenvalue weighted by Gasteiger charge is -1.99. The van der Waals surface area contributed by atoms with Gasteiger partial charge >= 0.3 is 0 Å². The van der Waals surface area contributed by atoms with Crippen molar-refractivity contribution in [2.24, 2.45) is 7.05 Å². The van der Waals surface area contributed by atoms with E-state index in [1.54, 1.807) is 18.4 Å². The predicted molar refractivity (Wildman–Crippen MR) is 87.3 cm³/mol. The first-order chi connectivity index (χ1) is 11.2. The van der Waals surface area contributed by atoms with E-state index in [4.69, 9.17) is 20.4 Å². The summed E-state index contributed by atoms with van der Waals surface area (Å²) in [5, 5.41) is 9.13. The van der Waals surface area contributed by atoms with Gasteiger partial charge in [0.1, 0.15) is 5.82 Å². The van der Waals surface area contributed by atoms with Crippen LogP contribution < -0.4 is 0 Å². The highest BCUT2D eigenvalue weighted by Gasteiger charge is 2.13. The quantitative estimate of drug-likeness (QED) is 0.517. The number of imidazole rings is 1. The van der Waals surface area contributed by atoms with Crippen LogP contribution in [0.3, 0.4) is 0 Å². The van der Waals surface area contributed by atoms with Gasteiger partial charge in [0.05, 0.1) is 23.0 Å². The second-order valence-electron chi connectivity index (χ2n) is 4.86. The Morgan fingerprint density at radius 2 is 2.17 bits per heavy atom. The van der Waals surface area contributed by atoms with Crippen LogP contribution in [0.15, 0.2) is 50.7 Å². The van der Waals surface area contributed by atoms with E-state index in [1.807, 2.05) is 29.8 Å². The molecule has 4 aromatic rings. The van der Waals surface area contributed by atoms with Crippen molar-refractivity contribution in [3.05, 3.63) is 47.4 Å². The topological polar surface area (TPSA) is 69.9 Å². The van der Waals surface area contributed by atoms with Gasteiger partial charge in [0.2, 0.25) is 0 Å². The minimum Gasteiger partial charge on any atom is -0.459 e. The number of benzene rings is 1. The summed E-state index contributed by atoms with van der Waals surface area (Å²) >= 11 is 7.44. The number of fused-ring (bicyclic) bond motifs is 1. The van der Waals surface area contributed by atoms with Crippen LogP contribution in [-0.4, -0.2) is 19.7 Å². The summed E-state index contributed by atoms with van der Waals surface area (Å²) in [5.41, 5.74) is 1.91. The molecule has 0 saturated carbocycles. The van der Waals surface area contributed by atoms with E-state index in [9.17, 15) is 0 Å². The van der Waals surface area contributed by atoms with Crippen LogP contribution in [0.5, 0.6) is 0 Å². The molecule has 0 atom stereocenters. The van der Waals surface area contributed by atoms with Crippen molar-refractivity contribution in [2.45, 2.75) is 11.0 Å². The zero-order chi connectivity index (χ0) is 15.8. The van der Waals surface area contributed by atoms with Gasteiger partial charge in [-0.2, -0.15) is 0 Å². The van der Waals surface area contributed by atoms with Gasteiger partial charge in [-0.1, -0.05) is 23.4 Å². The standard InChI is InChI=1S/C15H11ClN4O2S/c1-20-11-5-4-9(16)7-10(11)17-13(20)8-23-15-19-18-14(22-15)12-3-2-6-21-12/h2-7H,8H2,1H3. The summed E-state index contributed by atoms with van der Waals surface area (Å²) in [6.45, 7) is 0. The summed E-state index contributed by atoms with van der Waals surface area (Å²) in [6, 6.07) is 9.22. The van der Waals surface area contributed by atoms with Crippen molar-refractivity contribution in [3.8, 4) is 11.7 Å². The van der Waals surface area contributed by atoms with Gasteiger partial charge in [-0.05, 0) is 30.3 Å². The molecule has 0 amide bonds. The first-order valence-corrected chi connectivity index (χ1v) is 8.18. The third-order valence-corrected chi connectivity index (χ3v) is 4.45. The number of halogens is 1. The molecule has 8 heteroatoms. The van der Waals surface area contributed by atoms with Gasteiger partial charge in [-0.25, -0.2) is 4.98 Å². The summed E-state index contributed by atoms with van der Waals surface area (Å²) in [4.78, 5) is 4.59. The molecule has 0 aliphatic carbocycles. The largest absolute Gasteiger partial charge is 0.459 e. The average molecular weight is 347 g/mol. The number of rotatable bonds is 4. The molecule has 3 heterocycles. The van der Waals surface area contributed by atoms with Crippen LogP contribution in [0.2, 0.25) is 5.02 Å². The Bertz CT molecular complexity index is 961. The van der Waals surface area contributed by atoms with Gasteiger partial charge in [-0.3, -0.25) is 0 Å². The number of hydrogen-bond acceptors (Lipinski definition) is 6. The normalized spacial score (nSPS) is 11.4. The SMILES string of the molecule is Cn1c(CSc2nnc(-c3ccco3)o2)nc2cc(Cl)ccc21. The molecule has 6 nitrogen and oxygen atoms in total. The molecule has 0 aliphatic rings. The summed E-state index contributed by atoms with van der Waals surface area (Å²) in [7, 11) is 1.97. The molecule has 0 N–H and O–H groups in total. The second-order valence-corrected chi connectivity index (χ2v) is 6.22. The lowest BCUT2D eigenvalue weighted by molar-refractivity contribution is 0.447. The molecule has 0 saturated heterocycles. The highest BCUT2D eigenvalue weighted by Crippen LogP contribution is 2.27. The smallest absolute Gasteiger partial charge is 0.284 e. The number of nitrogens with zero attached hydrogens (tertiary/aromatic N) is 4. The van der Waals surface area contributed by atoms with Crippen LogP contribution in [-0.2, 0) is 12.8 Å². The predicted octanol–water partition coefficient (Wildman–Crippen LogP) is 4.16. The molecule has 4 rings (SSSR count). The third-order valence-electron chi connectivity index (χ3n) is 3.40. The van der Waals surface area contributed by atoms with Crippen molar-refractivity contribution < 1.29 is 8.83 Å². The molecular formula is C15H11ClN4O2S. The molecule has 0 unspecified atom stereocenters. The van der Waals surface area contributed by atoms with Gasteiger partial charge in [-0.15, -0.1) is 10.2 Å². The number of aryl methyl sites for hydroxylation is 1. The van der Waals surface area contributed by atoms with E-state index in [0.717, 1.165) is 16.9 Å². The zero-order valence-electron chi connectivity index (χ0n) is 12.1. The van der Waals surface area contributed by atoms with Crippen LogP contribution in [0, 0.1) is 0 Å². The molecule has 0 bridgehead atoms. The molecule has 0 fully saturated rings. The Kier molecular flexibility index (Phi) is 3.59. The third kappa shape index (κ3) is 2.73. The molecular weight excluding hydrogens is 336 g/mol. The van der Waals surface area contributed by atoms with E-state index >= 15 is 0 Å². The monoisotopic (exact) mass is 346 g/mol. The molecule has 116 valence electrons. The molecule has 0 aliphatic heterocycles. The maximum absolute atomic E-state index is 6.01. The number of hydrogen-bond donors (Lipinski definition) is 0. The summed E-state index contributed by atoms with van der Waals surface area (Å²) in [5.74, 6) is 2.45. The first-order valence-electron chi connectivity index (χ1n) is 6.82. The van der Waals surface area contributed by atoms with E-state index in [-0.39, 0.29) is 0 Å². The Morgan fingerprint density at radius 1 is 1.26 bits per heavy atom. The maximum Gasteiger partial charge on any atom is 0.284 e. The highest BCUT2D eigenvalue weighted by atomic mass is 35.5. The maximum atomic E-state index is 6.01. The zero-order valence-corrected chi connectivity index (χ0v) is 13.6. The van der Waals surface area contributed by atoms with E-state index in [0.29, 0.717) is 27.6 Å². The summed E-state index contributed by atoms with van der Waals surface area (Å²) < 4.78 is 12.8. The number of furan rings is 1. The van der Waals surface area contributed by atoms with Crippen molar-refractivity contribution in [3.63, 3.8) is 0 Å². The van der Waals surface area contributed by atoms with E-state index in [1.165, 1.54) is 11.8 Å². The van der Waals surface area contributed by atoms with Gasteiger partial charge in [0.25, 0.3) is 11.1 Å². The lowest BCUT2D eigenvalue weighted by Crippen LogP contribution is -1.95. The molecule has 23 heavy (non-hydrogen) atoms. The molecule has 3 aromatic heterocycles. The van der Waals surface area contributed by atoms with Crippen LogP contribution in [0.1, 0.15) is 5.82 Å². The highest BCUT2D eigenvalue weighted by molar-refractivity contribution is 7.98. The fourth-order valence-electron chi connectivity index (χ4n) is 2.25. The summed E-state index contributed by atoms with van der Waals surface area (Å²) in [6.07, 6.45) is 1.57. The van der Waals surface area contributed by atoms with E-state index < -0.39 is 0 Å². The number of thioether (sulfide) groups is 1. The molecule has 1 aromatic carbocycles. The Morgan fingerprint density at radius 3 is 3.00 bits per heavy atom. The minimum absolute atomic E-state index is 0.370. The Hall–Kier alpha value is -2.25. The van der Waals surface area contributed by atoms with Crippen LogP contribution in [0.4, 0.5) is 0 Å². The average Bonchev–Trinajstić information content (AvgIpc) is 3.25. The van der Waals surface area contributed by atoms with Crippen molar-refractivity contribution >= 4 is 34.4 Å². The Balaban J connectivity index is 1.54. The molecule has 0 radical (unpaired) electrons. The Labute approximate surface area is 140 Å². The van der Waals surface area contributed by atoms with Gasteiger partial charge < -0.3 is 13.4 Å². The fraction of sp³-hybridized carbons (Fsp3) is 0.133. The van der Waals surface area contributed by atoms with Gasteiger partial charge in [0, 0.05) is 12.1 Å². The van der Waals surface area contributed by atoms with Crippen molar-refractivity contribution in [2.75, 3.05) is 0 Å². The van der Waals surface area contributed by atoms with Crippen molar-refractivity contribution in [1.29, 1.82) is 0 Å². The number of aromatic nitrogens is 4. The lowest BCUT2D eigenvalue weighted by atomic mass is 10.3.